The molecular weight excluding hydrogens is 292 g/mol. The van der Waals surface area contributed by atoms with Crippen LogP contribution in [-0.2, 0) is 4.79 Å². The Kier molecular flexibility index (Phi) is 2.72. The highest BCUT2D eigenvalue weighted by Gasteiger charge is 2.27. The van der Waals surface area contributed by atoms with E-state index in [1.165, 1.54) is 0 Å². The summed E-state index contributed by atoms with van der Waals surface area (Å²) < 4.78 is 1.01. The molecule has 3 rings (SSSR count). The lowest BCUT2D eigenvalue weighted by atomic mass is 10.2. The normalized spacial score (nSPS) is 19.4. The van der Waals surface area contributed by atoms with Gasteiger partial charge >= 0.3 is 0 Å². The van der Waals surface area contributed by atoms with Crippen LogP contribution in [0.3, 0.4) is 0 Å². The molecule has 0 aliphatic carbocycles. The number of carbonyl (C=O) groups is 1. The maximum absolute atomic E-state index is 12.1. The summed E-state index contributed by atoms with van der Waals surface area (Å²) in [5.41, 5.74) is 1.42. The van der Waals surface area contributed by atoms with Crippen LogP contribution in [0.1, 0.15) is 5.56 Å². The molecule has 18 heavy (non-hydrogen) atoms. The van der Waals surface area contributed by atoms with Gasteiger partial charge in [0.05, 0.1) is 0 Å². The molecule has 0 atom stereocenters. The highest BCUT2D eigenvalue weighted by Crippen LogP contribution is 2.21. The predicted octanol–water partition coefficient (Wildman–Crippen LogP) is 3.11. The van der Waals surface area contributed by atoms with Crippen LogP contribution in [0.2, 0.25) is 0 Å². The Morgan fingerprint density at radius 3 is 2.67 bits per heavy atom. The number of allylic oxidation sites excluding steroid dienone is 2. The SMILES string of the molecule is O=C1/C(=C/c2ccc(Br)cc2)N=C2C=CC=CN12. The monoisotopic (exact) mass is 300 g/mol. The van der Waals surface area contributed by atoms with E-state index in [9.17, 15) is 4.79 Å². The number of halogens is 1. The van der Waals surface area contributed by atoms with Crippen LogP contribution in [0.15, 0.2) is 63.9 Å². The van der Waals surface area contributed by atoms with Crippen molar-refractivity contribution in [3.8, 4) is 0 Å². The molecule has 1 aromatic rings. The predicted molar refractivity (Wildman–Crippen MR) is 74.7 cm³/mol. The van der Waals surface area contributed by atoms with Crippen molar-refractivity contribution in [2.24, 2.45) is 4.99 Å². The molecule has 2 aliphatic rings. The summed E-state index contributed by atoms with van der Waals surface area (Å²) >= 11 is 3.38. The molecular formula is C14H9BrN2O. The largest absolute Gasteiger partial charge is 0.282 e. The molecule has 0 saturated carbocycles. The first-order valence-electron chi connectivity index (χ1n) is 5.48. The molecule has 2 aliphatic heterocycles. The molecule has 3 nitrogen and oxygen atoms in total. The molecule has 0 bridgehead atoms. The lowest BCUT2D eigenvalue weighted by Crippen LogP contribution is -2.26. The van der Waals surface area contributed by atoms with E-state index in [0.717, 1.165) is 10.0 Å². The van der Waals surface area contributed by atoms with Crippen molar-refractivity contribution in [3.63, 3.8) is 0 Å². The van der Waals surface area contributed by atoms with Gasteiger partial charge in [0, 0.05) is 10.7 Å². The Hall–Kier alpha value is -1.94. The van der Waals surface area contributed by atoms with Crippen molar-refractivity contribution in [2.45, 2.75) is 0 Å². The molecule has 0 unspecified atom stereocenters. The molecule has 0 fully saturated rings. The van der Waals surface area contributed by atoms with Crippen LogP contribution in [-0.4, -0.2) is 16.6 Å². The first-order valence-corrected chi connectivity index (χ1v) is 6.28. The lowest BCUT2D eigenvalue weighted by Gasteiger charge is -2.11. The number of nitrogens with zero attached hydrogens (tertiary/aromatic N) is 2. The summed E-state index contributed by atoms with van der Waals surface area (Å²) in [5.74, 6) is 0.583. The van der Waals surface area contributed by atoms with Gasteiger partial charge in [0.1, 0.15) is 11.5 Å². The fourth-order valence-corrected chi connectivity index (χ4v) is 2.07. The average Bonchev–Trinajstić information content (AvgIpc) is 2.70. The van der Waals surface area contributed by atoms with Crippen molar-refractivity contribution in [2.75, 3.05) is 0 Å². The minimum absolute atomic E-state index is 0.0893. The quantitative estimate of drug-likeness (QED) is 0.734. The number of hydrogen-bond donors (Lipinski definition) is 0. The van der Waals surface area contributed by atoms with Gasteiger partial charge in [-0.1, -0.05) is 34.1 Å². The molecule has 2 heterocycles. The summed E-state index contributed by atoms with van der Waals surface area (Å²) in [4.78, 5) is 17.9. The Bertz CT molecular complexity index is 624. The van der Waals surface area contributed by atoms with Gasteiger partial charge in [-0.15, -0.1) is 0 Å². The molecule has 0 radical (unpaired) electrons. The van der Waals surface area contributed by atoms with Gasteiger partial charge < -0.3 is 0 Å². The number of aliphatic imine (C=N–C) groups is 1. The Labute approximate surface area is 113 Å². The number of rotatable bonds is 1. The average molecular weight is 301 g/mol. The van der Waals surface area contributed by atoms with Gasteiger partial charge in [-0.2, -0.15) is 0 Å². The maximum atomic E-state index is 12.1. The minimum Gasteiger partial charge on any atom is -0.266 e. The summed E-state index contributed by atoms with van der Waals surface area (Å²) in [5, 5.41) is 0. The first kappa shape index (κ1) is 11.2. The van der Waals surface area contributed by atoms with Gasteiger partial charge in [0.25, 0.3) is 5.91 Å². The number of amides is 1. The number of amidine groups is 1. The molecule has 0 saturated heterocycles. The fourth-order valence-electron chi connectivity index (χ4n) is 1.80. The first-order chi connectivity index (χ1) is 8.74. The Balaban J connectivity index is 1.96. The summed E-state index contributed by atoms with van der Waals surface area (Å²) in [6.45, 7) is 0. The van der Waals surface area contributed by atoms with Gasteiger partial charge in [0.15, 0.2) is 0 Å². The van der Waals surface area contributed by atoms with Gasteiger partial charge in [-0.3, -0.25) is 9.69 Å². The molecule has 0 N–H and O–H groups in total. The van der Waals surface area contributed by atoms with Gasteiger partial charge in [0.2, 0.25) is 0 Å². The zero-order chi connectivity index (χ0) is 12.5. The Morgan fingerprint density at radius 1 is 1.17 bits per heavy atom. The van der Waals surface area contributed by atoms with Crippen LogP contribution < -0.4 is 0 Å². The maximum Gasteiger partial charge on any atom is 0.282 e. The fraction of sp³-hybridized carbons (Fsp3) is 0. The van der Waals surface area contributed by atoms with E-state index in [-0.39, 0.29) is 5.91 Å². The van der Waals surface area contributed by atoms with E-state index < -0.39 is 0 Å². The minimum atomic E-state index is -0.0893. The third-order valence-corrected chi connectivity index (χ3v) is 3.21. The van der Waals surface area contributed by atoms with Crippen LogP contribution >= 0.6 is 15.9 Å². The van der Waals surface area contributed by atoms with Crippen LogP contribution in [0.4, 0.5) is 0 Å². The van der Waals surface area contributed by atoms with E-state index in [4.69, 9.17) is 0 Å². The Morgan fingerprint density at radius 2 is 1.94 bits per heavy atom. The number of hydrogen-bond acceptors (Lipinski definition) is 2. The van der Waals surface area contributed by atoms with Crippen molar-refractivity contribution >= 4 is 33.7 Å². The van der Waals surface area contributed by atoms with E-state index in [1.54, 1.807) is 17.2 Å². The molecule has 88 valence electrons. The van der Waals surface area contributed by atoms with Crippen molar-refractivity contribution < 1.29 is 4.79 Å². The zero-order valence-corrected chi connectivity index (χ0v) is 11.0. The second-order valence-electron chi connectivity index (χ2n) is 3.93. The second kappa shape index (κ2) is 4.38. The molecule has 0 spiro atoms. The van der Waals surface area contributed by atoms with Gasteiger partial charge in [-0.05, 0) is 35.9 Å². The summed E-state index contributed by atoms with van der Waals surface area (Å²) in [6, 6.07) is 7.75. The smallest absolute Gasteiger partial charge is 0.266 e. The lowest BCUT2D eigenvalue weighted by molar-refractivity contribution is -0.120. The van der Waals surface area contributed by atoms with Crippen LogP contribution in [0.5, 0.6) is 0 Å². The van der Waals surface area contributed by atoms with Crippen LogP contribution in [0, 0.1) is 0 Å². The second-order valence-corrected chi connectivity index (χ2v) is 4.84. The third-order valence-electron chi connectivity index (χ3n) is 2.68. The van der Waals surface area contributed by atoms with Crippen molar-refractivity contribution in [1.82, 2.24) is 4.90 Å². The standard InChI is InChI=1S/C14H9BrN2O/c15-11-6-4-10(5-7-11)9-12-14(18)17-8-2-1-3-13(17)16-12/h1-9H/b12-9-. The third kappa shape index (κ3) is 1.95. The number of benzene rings is 1. The van der Waals surface area contributed by atoms with Crippen molar-refractivity contribution in [1.29, 1.82) is 0 Å². The van der Waals surface area contributed by atoms with E-state index in [1.807, 2.05) is 42.5 Å². The zero-order valence-electron chi connectivity index (χ0n) is 9.38. The molecule has 1 amide bonds. The number of fused-ring (bicyclic) bond motifs is 1. The summed E-state index contributed by atoms with van der Waals surface area (Å²) in [7, 11) is 0. The topological polar surface area (TPSA) is 32.7 Å². The molecule has 1 aromatic carbocycles. The molecule has 0 aromatic heterocycles. The van der Waals surface area contributed by atoms with Crippen LogP contribution in [0.25, 0.3) is 6.08 Å². The summed E-state index contributed by atoms with van der Waals surface area (Å²) in [6.07, 6.45) is 9.02. The highest BCUT2D eigenvalue weighted by atomic mass is 79.9. The van der Waals surface area contributed by atoms with Gasteiger partial charge in [-0.25, -0.2) is 4.99 Å². The van der Waals surface area contributed by atoms with E-state index >= 15 is 0 Å². The molecule has 4 heteroatoms. The number of carbonyl (C=O) groups excluding carboxylic acids is 1. The van der Waals surface area contributed by atoms with E-state index in [0.29, 0.717) is 11.5 Å². The highest BCUT2D eigenvalue weighted by molar-refractivity contribution is 9.10. The van der Waals surface area contributed by atoms with Crippen molar-refractivity contribution in [3.05, 3.63) is 64.4 Å². The van der Waals surface area contributed by atoms with E-state index in [2.05, 4.69) is 20.9 Å².